The van der Waals surface area contributed by atoms with Crippen molar-refractivity contribution in [1.82, 2.24) is 38.8 Å². The molecular weight excluding hydrogens is 843 g/mol. The smallest absolute Gasteiger partial charge is 0.410 e. The first-order valence-electron chi connectivity index (χ1n) is 21.4. The third-order valence-electron chi connectivity index (χ3n) is 10.5. The molecule has 3 saturated heterocycles. The van der Waals surface area contributed by atoms with Crippen molar-refractivity contribution in [2.45, 2.75) is 122 Å². The van der Waals surface area contributed by atoms with Crippen LogP contribution in [-0.2, 0) is 54.8 Å². The number of imidazole rings is 1. The van der Waals surface area contributed by atoms with E-state index in [9.17, 15) is 22.8 Å². The fourth-order valence-corrected chi connectivity index (χ4v) is 8.83. The van der Waals surface area contributed by atoms with Gasteiger partial charge >= 0.3 is 22.4 Å². The normalized spacial score (nSPS) is 22.1. The van der Waals surface area contributed by atoms with Gasteiger partial charge in [0.1, 0.15) is 48.4 Å². The number of unbranched alkanes of at least 4 members (excludes halogenated alkanes) is 3. The van der Waals surface area contributed by atoms with Crippen LogP contribution in [0.3, 0.4) is 0 Å². The topological polar surface area (TPSA) is 250 Å². The molecule has 2 aromatic heterocycles. The Hall–Kier alpha value is -4.71. The predicted octanol–water partition coefficient (Wildman–Crippen LogP) is 3.41. The summed E-state index contributed by atoms with van der Waals surface area (Å²) in [7, 11) is -4.48. The highest BCUT2D eigenvalue weighted by atomic mass is 32.2. The van der Waals surface area contributed by atoms with E-state index in [1.165, 1.54) is 21.9 Å². The number of anilines is 1. The summed E-state index contributed by atoms with van der Waals surface area (Å²) in [5, 5.41) is 2.65. The molecule has 5 heterocycles. The van der Waals surface area contributed by atoms with Crippen LogP contribution in [0.15, 0.2) is 43.0 Å². The minimum Gasteiger partial charge on any atom is -0.445 e. The maximum absolute atomic E-state index is 14.2. The Kier molecular flexibility index (Phi) is 16.2. The molecule has 3 amide bonds. The number of alkyl carbamates (subject to hydrolysis) is 1. The van der Waals surface area contributed by atoms with Gasteiger partial charge in [-0.3, -0.25) is 14.3 Å². The number of carbonyl (C=O) groups excluding carboxylic acids is 3. The fraction of sp³-hybridized carbons (Fsp3) is 0.659. The second-order valence-electron chi connectivity index (χ2n) is 17.0. The molecule has 6 rings (SSSR count). The minimum atomic E-state index is -4.48. The lowest BCUT2D eigenvalue weighted by Crippen LogP contribution is -2.53. The first kappa shape index (κ1) is 47.8. The molecule has 5 atom stereocenters. The molecule has 0 radical (unpaired) electrons. The van der Waals surface area contributed by atoms with Gasteiger partial charge in [-0.2, -0.15) is 12.7 Å². The lowest BCUT2D eigenvalue weighted by Gasteiger charge is -2.30. The Morgan fingerprint density at radius 2 is 1.70 bits per heavy atom. The number of rotatable bonds is 21. The number of likely N-dealkylation sites (tertiary alicyclic amines) is 1. The molecule has 22 heteroatoms. The highest BCUT2D eigenvalue weighted by Crippen LogP contribution is 2.44. The summed E-state index contributed by atoms with van der Waals surface area (Å²) < 4.78 is 74.6. The molecule has 3 aliphatic rings. The number of amides is 3. The number of aromatic nitrogens is 4. The number of ether oxygens (including phenoxy) is 7. The maximum Gasteiger partial charge on any atom is 0.410 e. The van der Waals surface area contributed by atoms with Gasteiger partial charge in [-0.1, -0.05) is 43.2 Å². The van der Waals surface area contributed by atoms with Crippen LogP contribution in [-0.4, -0.2) is 144 Å². The van der Waals surface area contributed by atoms with Gasteiger partial charge in [0.15, 0.2) is 23.5 Å². The van der Waals surface area contributed by atoms with Crippen molar-refractivity contribution in [3.8, 4) is 0 Å². The van der Waals surface area contributed by atoms with E-state index >= 15 is 0 Å². The van der Waals surface area contributed by atoms with Crippen LogP contribution in [0, 0.1) is 0 Å². The molecule has 0 aliphatic carbocycles. The third-order valence-corrected chi connectivity index (χ3v) is 11.9. The van der Waals surface area contributed by atoms with E-state index in [-0.39, 0.29) is 38.5 Å². The number of nitrogens with one attached hydrogen (secondary N) is 2. The Balaban J connectivity index is 1.01. The number of hydrogen-bond acceptors (Lipinski definition) is 16. The highest BCUT2D eigenvalue weighted by molar-refractivity contribution is 7.87. The molecule has 0 saturated carbocycles. The van der Waals surface area contributed by atoms with Crippen molar-refractivity contribution >= 4 is 45.3 Å². The average molecular weight is 904 g/mol. The second kappa shape index (κ2) is 21.3. The molecular formula is C41H61N9O12S. The number of nitrogens with two attached hydrogens (primary N) is 1. The van der Waals surface area contributed by atoms with Gasteiger partial charge in [0.2, 0.25) is 0 Å². The van der Waals surface area contributed by atoms with E-state index in [2.05, 4.69) is 25.0 Å². The molecule has 3 aromatic rings. The molecule has 348 valence electrons. The lowest BCUT2D eigenvalue weighted by atomic mass is 10.1. The number of benzene rings is 1. The first-order valence-corrected chi connectivity index (χ1v) is 22.8. The van der Waals surface area contributed by atoms with E-state index in [4.69, 9.17) is 38.9 Å². The van der Waals surface area contributed by atoms with Gasteiger partial charge in [0.05, 0.1) is 26.1 Å². The van der Waals surface area contributed by atoms with Crippen LogP contribution < -0.4 is 15.8 Å². The SMILES string of the molecule is CC(C)(C)OC(=O)N1CCC[C@H]1C(=O)NS(=O)(=O)N(CCCCCCOCCOCCNC(=O)OCc1ccccc1)C[C@H]1O[C@@H](n2cnc3c(N)ncnc32)[C@@H]2OC(C)(C)O[C@@H]21. The number of nitrogens with zero attached hydrogens (tertiary/aromatic N) is 6. The predicted molar refractivity (Wildman–Crippen MR) is 227 cm³/mol. The zero-order chi connectivity index (χ0) is 45.2. The zero-order valence-electron chi connectivity index (χ0n) is 36.6. The Morgan fingerprint density at radius 1 is 0.968 bits per heavy atom. The quantitative estimate of drug-likeness (QED) is 0.130. The van der Waals surface area contributed by atoms with Crippen molar-refractivity contribution in [1.29, 1.82) is 0 Å². The minimum absolute atomic E-state index is 0.0511. The first-order chi connectivity index (χ1) is 30.0. The van der Waals surface area contributed by atoms with Gasteiger partial charge in [0, 0.05) is 32.8 Å². The lowest BCUT2D eigenvalue weighted by molar-refractivity contribution is -0.196. The van der Waals surface area contributed by atoms with E-state index < -0.39 is 70.3 Å². The average Bonchev–Trinajstić information content (AvgIpc) is 4.02. The van der Waals surface area contributed by atoms with Crippen LogP contribution in [0.2, 0.25) is 0 Å². The monoisotopic (exact) mass is 903 g/mol. The van der Waals surface area contributed by atoms with Crippen molar-refractivity contribution < 1.29 is 56.0 Å². The standard InChI is InChI=1S/C41H61N9O12S/c1-40(2,3)62-39(53)49-19-13-16-29(49)36(51)47-63(54,55)48(18-11-6-7-12-20-56-22-23-57-21-17-43-38(52)58-25-28-14-9-8-10-15-28)24-30-32-33(61-41(4,5)60-32)37(59-30)50-27-46-31-34(42)44-26-45-35(31)50/h8-10,14-15,26-27,29-30,32-33,37H,6-7,11-13,16-25H2,1-5H3,(H,43,52)(H,47,51)(H2,42,44,45)/t29-,30+,32+,33+,37+/m0/s1. The molecule has 3 fully saturated rings. The molecule has 21 nitrogen and oxygen atoms in total. The third kappa shape index (κ3) is 13.2. The van der Waals surface area contributed by atoms with E-state index in [1.54, 1.807) is 39.2 Å². The highest BCUT2D eigenvalue weighted by Gasteiger charge is 2.57. The number of nitrogen functional groups attached to an aromatic ring is 1. The molecule has 63 heavy (non-hydrogen) atoms. The molecule has 3 aliphatic heterocycles. The summed E-state index contributed by atoms with van der Waals surface area (Å²) in [4.78, 5) is 52.5. The molecule has 0 bridgehead atoms. The summed E-state index contributed by atoms with van der Waals surface area (Å²) in [5.41, 5.74) is 6.94. The number of carbonyl (C=O) groups is 3. The van der Waals surface area contributed by atoms with Crippen LogP contribution in [0.5, 0.6) is 0 Å². The second-order valence-corrected chi connectivity index (χ2v) is 18.7. The van der Waals surface area contributed by atoms with Gasteiger partial charge in [0.25, 0.3) is 5.91 Å². The summed E-state index contributed by atoms with van der Waals surface area (Å²) in [6, 6.07) is 8.38. The zero-order valence-corrected chi connectivity index (χ0v) is 37.4. The molecule has 4 N–H and O–H groups in total. The van der Waals surface area contributed by atoms with Gasteiger partial charge in [-0.25, -0.2) is 29.3 Å². The van der Waals surface area contributed by atoms with Crippen molar-refractivity contribution in [2.75, 3.05) is 58.3 Å². The van der Waals surface area contributed by atoms with Crippen molar-refractivity contribution in [3.05, 3.63) is 48.5 Å². The Bertz CT molecular complexity index is 2100. The number of hydrogen-bond donors (Lipinski definition) is 3. The maximum atomic E-state index is 14.2. The summed E-state index contributed by atoms with van der Waals surface area (Å²) in [5.74, 6) is -1.65. The van der Waals surface area contributed by atoms with Crippen LogP contribution in [0.4, 0.5) is 15.4 Å². The van der Waals surface area contributed by atoms with Crippen molar-refractivity contribution in [2.24, 2.45) is 0 Å². The van der Waals surface area contributed by atoms with E-state index in [1.807, 2.05) is 30.3 Å². The molecule has 0 unspecified atom stereocenters. The summed E-state index contributed by atoms with van der Waals surface area (Å²) in [6.45, 7) is 10.8. The largest absolute Gasteiger partial charge is 0.445 e. The van der Waals surface area contributed by atoms with E-state index in [0.717, 1.165) is 18.4 Å². The summed E-state index contributed by atoms with van der Waals surface area (Å²) in [6.07, 6.45) is 2.00. The summed E-state index contributed by atoms with van der Waals surface area (Å²) >= 11 is 0. The van der Waals surface area contributed by atoms with Crippen LogP contribution in [0.1, 0.15) is 84.9 Å². The Labute approximate surface area is 367 Å². The van der Waals surface area contributed by atoms with Crippen molar-refractivity contribution in [3.63, 3.8) is 0 Å². The van der Waals surface area contributed by atoms with Gasteiger partial charge in [-0.05, 0) is 65.9 Å². The Morgan fingerprint density at radius 3 is 2.46 bits per heavy atom. The molecule has 1 aromatic carbocycles. The van der Waals surface area contributed by atoms with Crippen LogP contribution >= 0.6 is 0 Å². The van der Waals surface area contributed by atoms with Gasteiger partial charge < -0.3 is 44.2 Å². The fourth-order valence-electron chi connectivity index (χ4n) is 7.60. The number of fused-ring (bicyclic) bond motifs is 2. The molecule has 0 spiro atoms. The van der Waals surface area contributed by atoms with E-state index in [0.29, 0.717) is 63.4 Å². The van der Waals surface area contributed by atoms with Gasteiger partial charge in [-0.15, -0.1) is 0 Å². The van der Waals surface area contributed by atoms with Crippen LogP contribution in [0.25, 0.3) is 11.2 Å².